The summed E-state index contributed by atoms with van der Waals surface area (Å²) >= 11 is 0. The molecule has 0 aliphatic carbocycles. The standard InChI is InChI=1S/C13H17NO3S/c1-13(2,3)10-4-6-11(7-5-10)14-12(15)8-9-18(14,16)17/h4-7H,8-9H2,1-3H3. The minimum absolute atomic E-state index is 0.00637. The number of nitrogens with zero attached hydrogens (tertiary/aromatic N) is 1. The van der Waals surface area contributed by atoms with Gasteiger partial charge >= 0.3 is 0 Å². The maximum Gasteiger partial charge on any atom is 0.242 e. The highest BCUT2D eigenvalue weighted by Gasteiger charge is 2.36. The number of rotatable bonds is 1. The van der Waals surface area contributed by atoms with E-state index in [-0.39, 0.29) is 23.5 Å². The minimum atomic E-state index is -3.45. The summed E-state index contributed by atoms with van der Waals surface area (Å²) in [6, 6.07) is 7.13. The molecule has 0 saturated carbocycles. The van der Waals surface area contributed by atoms with Gasteiger partial charge in [-0.05, 0) is 23.1 Å². The van der Waals surface area contributed by atoms with E-state index in [0.29, 0.717) is 5.69 Å². The van der Waals surface area contributed by atoms with Crippen molar-refractivity contribution in [3.05, 3.63) is 29.8 Å². The fraction of sp³-hybridized carbons (Fsp3) is 0.462. The molecule has 1 aliphatic heterocycles. The predicted molar refractivity (Wildman–Crippen MR) is 71.0 cm³/mol. The highest BCUT2D eigenvalue weighted by atomic mass is 32.2. The van der Waals surface area contributed by atoms with Crippen LogP contribution in [0.2, 0.25) is 0 Å². The average Bonchev–Trinajstić information content (AvgIpc) is 2.52. The molecule has 1 aromatic carbocycles. The van der Waals surface area contributed by atoms with Crippen molar-refractivity contribution >= 4 is 21.6 Å². The summed E-state index contributed by atoms with van der Waals surface area (Å²) in [4.78, 5) is 11.6. The van der Waals surface area contributed by atoms with Crippen LogP contribution < -0.4 is 4.31 Å². The Hall–Kier alpha value is -1.36. The van der Waals surface area contributed by atoms with E-state index in [2.05, 4.69) is 20.8 Å². The zero-order chi connectivity index (χ0) is 13.6. The van der Waals surface area contributed by atoms with Crippen molar-refractivity contribution in [1.29, 1.82) is 0 Å². The molecule has 4 nitrogen and oxygen atoms in total. The van der Waals surface area contributed by atoms with Gasteiger partial charge in [-0.2, -0.15) is 0 Å². The third-order valence-electron chi connectivity index (χ3n) is 3.05. The number of hydrogen-bond donors (Lipinski definition) is 0. The third kappa shape index (κ3) is 2.27. The van der Waals surface area contributed by atoms with Crippen molar-refractivity contribution in [2.75, 3.05) is 10.1 Å². The van der Waals surface area contributed by atoms with E-state index in [4.69, 9.17) is 0 Å². The van der Waals surface area contributed by atoms with Gasteiger partial charge in [0, 0.05) is 6.42 Å². The smallest absolute Gasteiger partial charge is 0.242 e. The van der Waals surface area contributed by atoms with Gasteiger partial charge in [0.05, 0.1) is 11.4 Å². The first-order chi connectivity index (χ1) is 8.22. The maximum atomic E-state index is 11.8. The van der Waals surface area contributed by atoms with Crippen LogP contribution in [-0.2, 0) is 20.2 Å². The van der Waals surface area contributed by atoms with Gasteiger partial charge in [0.15, 0.2) is 0 Å². The third-order valence-corrected chi connectivity index (χ3v) is 4.74. The van der Waals surface area contributed by atoms with Crippen LogP contribution >= 0.6 is 0 Å². The largest absolute Gasteiger partial charge is 0.273 e. The Bertz CT molecular complexity index is 567. The Morgan fingerprint density at radius 3 is 2.06 bits per heavy atom. The van der Waals surface area contributed by atoms with Gasteiger partial charge in [0.25, 0.3) is 0 Å². The van der Waals surface area contributed by atoms with Gasteiger partial charge in [-0.1, -0.05) is 32.9 Å². The van der Waals surface area contributed by atoms with Crippen molar-refractivity contribution in [3.63, 3.8) is 0 Å². The summed E-state index contributed by atoms with van der Waals surface area (Å²) in [6.07, 6.45) is 0.0728. The van der Waals surface area contributed by atoms with Crippen LogP contribution in [0.3, 0.4) is 0 Å². The van der Waals surface area contributed by atoms with Crippen LogP contribution in [0.25, 0.3) is 0 Å². The second-order valence-electron chi connectivity index (χ2n) is 5.52. The second kappa shape index (κ2) is 4.09. The first kappa shape index (κ1) is 13.1. The summed E-state index contributed by atoms with van der Waals surface area (Å²) in [7, 11) is -3.45. The highest BCUT2D eigenvalue weighted by molar-refractivity contribution is 7.94. The quantitative estimate of drug-likeness (QED) is 0.782. The molecule has 1 fully saturated rings. The number of carbonyl (C=O) groups is 1. The van der Waals surface area contributed by atoms with Crippen LogP contribution in [0.5, 0.6) is 0 Å². The number of carbonyl (C=O) groups excluding carboxylic acids is 1. The Morgan fingerprint density at radius 1 is 1.11 bits per heavy atom. The van der Waals surface area contributed by atoms with Crippen molar-refractivity contribution in [2.24, 2.45) is 0 Å². The van der Waals surface area contributed by atoms with Crippen molar-refractivity contribution in [2.45, 2.75) is 32.6 Å². The van der Waals surface area contributed by atoms with Crippen LogP contribution in [0.15, 0.2) is 24.3 Å². The minimum Gasteiger partial charge on any atom is -0.273 e. The van der Waals surface area contributed by atoms with E-state index in [1.54, 1.807) is 12.1 Å². The normalized spacial score (nSPS) is 19.3. The molecule has 18 heavy (non-hydrogen) atoms. The zero-order valence-corrected chi connectivity index (χ0v) is 11.6. The zero-order valence-electron chi connectivity index (χ0n) is 10.8. The molecule has 1 aromatic rings. The van der Waals surface area contributed by atoms with Crippen LogP contribution in [0.1, 0.15) is 32.8 Å². The summed E-state index contributed by atoms with van der Waals surface area (Å²) in [5, 5.41) is 0. The molecule has 0 N–H and O–H groups in total. The lowest BCUT2D eigenvalue weighted by Crippen LogP contribution is -2.29. The lowest BCUT2D eigenvalue weighted by atomic mass is 9.87. The van der Waals surface area contributed by atoms with Crippen LogP contribution in [-0.4, -0.2) is 20.1 Å². The average molecular weight is 267 g/mol. The first-order valence-electron chi connectivity index (χ1n) is 5.88. The number of amides is 1. The maximum absolute atomic E-state index is 11.8. The molecule has 98 valence electrons. The fourth-order valence-corrected chi connectivity index (χ4v) is 3.43. The summed E-state index contributed by atoms with van der Waals surface area (Å²) in [5.41, 5.74) is 1.55. The van der Waals surface area contributed by atoms with Crippen molar-refractivity contribution in [3.8, 4) is 0 Å². The van der Waals surface area contributed by atoms with Gasteiger partial charge < -0.3 is 0 Å². The number of anilines is 1. The molecule has 0 aromatic heterocycles. The molecule has 1 saturated heterocycles. The Labute approximate surface area is 108 Å². The molecule has 0 atom stereocenters. The van der Waals surface area contributed by atoms with Gasteiger partial charge in [0.1, 0.15) is 0 Å². The number of hydrogen-bond acceptors (Lipinski definition) is 3. The van der Waals surface area contributed by atoms with Gasteiger partial charge in [-0.25, -0.2) is 12.7 Å². The van der Waals surface area contributed by atoms with Crippen molar-refractivity contribution < 1.29 is 13.2 Å². The Kier molecular flexibility index (Phi) is 2.97. The Balaban J connectivity index is 2.39. The van der Waals surface area contributed by atoms with E-state index in [1.807, 2.05) is 12.1 Å². The number of benzene rings is 1. The van der Waals surface area contributed by atoms with Crippen LogP contribution in [0.4, 0.5) is 5.69 Å². The van der Waals surface area contributed by atoms with E-state index >= 15 is 0 Å². The fourth-order valence-electron chi connectivity index (χ4n) is 1.97. The van der Waals surface area contributed by atoms with Crippen LogP contribution in [0, 0.1) is 0 Å². The molecule has 5 heteroatoms. The van der Waals surface area contributed by atoms with Gasteiger partial charge in [-0.3, -0.25) is 4.79 Å². The highest BCUT2D eigenvalue weighted by Crippen LogP contribution is 2.28. The van der Waals surface area contributed by atoms with Crippen molar-refractivity contribution in [1.82, 2.24) is 0 Å². The molecule has 1 amide bonds. The van der Waals surface area contributed by atoms with E-state index < -0.39 is 10.0 Å². The Morgan fingerprint density at radius 2 is 1.67 bits per heavy atom. The molecule has 0 spiro atoms. The molecule has 0 unspecified atom stereocenters. The molecule has 0 radical (unpaired) electrons. The monoisotopic (exact) mass is 267 g/mol. The topological polar surface area (TPSA) is 54.5 Å². The molecular formula is C13H17NO3S. The lowest BCUT2D eigenvalue weighted by molar-refractivity contribution is -0.116. The lowest BCUT2D eigenvalue weighted by Gasteiger charge is -2.21. The SMILES string of the molecule is CC(C)(C)c1ccc(N2C(=O)CCS2(=O)=O)cc1. The van der Waals surface area contributed by atoms with Gasteiger partial charge in [0.2, 0.25) is 15.9 Å². The predicted octanol–water partition coefficient (Wildman–Crippen LogP) is 2.05. The summed E-state index contributed by atoms with van der Waals surface area (Å²) in [6.45, 7) is 6.25. The molecule has 1 aliphatic rings. The van der Waals surface area contributed by atoms with Gasteiger partial charge in [-0.15, -0.1) is 0 Å². The molecule has 0 bridgehead atoms. The van der Waals surface area contributed by atoms with E-state index in [0.717, 1.165) is 9.87 Å². The summed E-state index contributed by atoms with van der Waals surface area (Å²) < 4.78 is 24.4. The first-order valence-corrected chi connectivity index (χ1v) is 7.49. The molecule has 2 rings (SSSR count). The number of sulfonamides is 1. The van der Waals surface area contributed by atoms with E-state index in [1.165, 1.54) is 0 Å². The second-order valence-corrected chi connectivity index (χ2v) is 7.46. The van der Waals surface area contributed by atoms with E-state index in [9.17, 15) is 13.2 Å². The summed E-state index contributed by atoms with van der Waals surface area (Å²) in [5.74, 6) is -0.439. The molecule has 1 heterocycles. The molecular weight excluding hydrogens is 250 g/mol.